The molecule has 0 aromatic carbocycles. The van der Waals surface area contributed by atoms with Gasteiger partial charge in [0.1, 0.15) is 4.90 Å². The highest BCUT2D eigenvalue weighted by Gasteiger charge is 2.32. The van der Waals surface area contributed by atoms with Crippen LogP contribution in [0, 0.1) is 0 Å². The van der Waals surface area contributed by atoms with Crippen LogP contribution in [0.3, 0.4) is 0 Å². The largest absolute Gasteiger partial charge is 0.334 e. The van der Waals surface area contributed by atoms with E-state index in [1.165, 1.54) is 6.20 Å². The zero-order valence-corrected chi connectivity index (χ0v) is 14.3. The van der Waals surface area contributed by atoms with Gasteiger partial charge < -0.3 is 4.90 Å². The van der Waals surface area contributed by atoms with Gasteiger partial charge in [-0.2, -0.15) is 5.10 Å². The van der Waals surface area contributed by atoms with Crippen LogP contribution in [0.15, 0.2) is 35.6 Å². The number of sulfone groups is 1. The summed E-state index contributed by atoms with van der Waals surface area (Å²) in [6.07, 6.45) is 8.67. The van der Waals surface area contributed by atoms with Crippen LogP contribution in [0.2, 0.25) is 0 Å². The summed E-state index contributed by atoms with van der Waals surface area (Å²) >= 11 is 0. The summed E-state index contributed by atoms with van der Waals surface area (Å²) in [5, 5.41) is 6.68. The van der Waals surface area contributed by atoms with Crippen molar-refractivity contribution >= 4 is 15.7 Å². The van der Waals surface area contributed by atoms with E-state index >= 15 is 0 Å². The van der Waals surface area contributed by atoms with Crippen molar-refractivity contribution in [3.8, 4) is 0 Å². The minimum absolute atomic E-state index is 0.0262. The molecule has 3 rings (SSSR count). The fraction of sp³-hybridized carbons (Fsp3) is 0.438. The monoisotopic (exact) mass is 348 g/mol. The summed E-state index contributed by atoms with van der Waals surface area (Å²) < 4.78 is 23.9. The number of amides is 1. The lowest BCUT2D eigenvalue weighted by Gasteiger charge is -2.35. The molecule has 128 valence electrons. The molecule has 0 spiro atoms. The molecular weight excluding hydrogens is 328 g/mol. The number of aromatic nitrogens is 3. The number of carbonyl (C=O) groups is 1. The molecular formula is C16H20N4O3S. The van der Waals surface area contributed by atoms with Crippen LogP contribution in [0.5, 0.6) is 0 Å². The topological polar surface area (TPSA) is 96.0 Å². The van der Waals surface area contributed by atoms with Crippen LogP contribution in [0.25, 0.3) is 0 Å². The number of likely N-dealkylation sites (tertiary alicyclic amines) is 1. The molecule has 8 heteroatoms. The van der Waals surface area contributed by atoms with E-state index < -0.39 is 9.84 Å². The van der Waals surface area contributed by atoms with Crippen molar-refractivity contribution in [2.24, 2.45) is 0 Å². The lowest BCUT2D eigenvalue weighted by atomic mass is 9.98. The Balaban J connectivity index is 1.87. The number of nitrogens with one attached hydrogen (secondary N) is 1. The first-order chi connectivity index (χ1) is 11.5. The molecule has 1 saturated heterocycles. The number of aromatic amines is 1. The molecule has 0 bridgehead atoms. The van der Waals surface area contributed by atoms with Crippen LogP contribution in [0.4, 0.5) is 0 Å². The van der Waals surface area contributed by atoms with Crippen LogP contribution < -0.4 is 0 Å². The minimum atomic E-state index is -3.39. The fourth-order valence-electron chi connectivity index (χ4n) is 3.13. The molecule has 1 aliphatic rings. The standard InChI is InChI=1S/C16H20N4O3S/c1-24(22,23)14-11-18-19-16(14)13-6-2-3-8-20(13)15(21)9-12-5-4-7-17-10-12/h4-5,7,10-11,13H,2-3,6,8-9H2,1H3,(H,18,19)/t13-/m0/s1. The van der Waals surface area contributed by atoms with E-state index in [0.29, 0.717) is 12.2 Å². The van der Waals surface area contributed by atoms with Gasteiger partial charge >= 0.3 is 0 Å². The van der Waals surface area contributed by atoms with Gasteiger partial charge in [0.15, 0.2) is 9.84 Å². The van der Waals surface area contributed by atoms with Gasteiger partial charge in [-0.05, 0) is 30.9 Å². The van der Waals surface area contributed by atoms with Crippen LogP contribution >= 0.6 is 0 Å². The summed E-state index contributed by atoms with van der Waals surface area (Å²) in [6, 6.07) is 3.38. The average Bonchev–Trinajstić information content (AvgIpc) is 3.05. The number of hydrogen-bond donors (Lipinski definition) is 1. The second kappa shape index (κ2) is 6.72. The van der Waals surface area contributed by atoms with Gasteiger partial charge in [-0.3, -0.25) is 14.9 Å². The van der Waals surface area contributed by atoms with Crippen molar-refractivity contribution in [1.29, 1.82) is 0 Å². The van der Waals surface area contributed by atoms with Gasteiger partial charge in [-0.1, -0.05) is 6.07 Å². The van der Waals surface area contributed by atoms with Gasteiger partial charge in [0.2, 0.25) is 5.91 Å². The van der Waals surface area contributed by atoms with Gasteiger partial charge in [0.25, 0.3) is 0 Å². The number of piperidine rings is 1. The molecule has 0 saturated carbocycles. The summed E-state index contributed by atoms with van der Waals surface area (Å²) in [4.78, 5) is 18.7. The predicted octanol–water partition coefficient (Wildman–Crippen LogP) is 1.50. The van der Waals surface area contributed by atoms with E-state index in [4.69, 9.17) is 0 Å². The Morgan fingerprint density at radius 2 is 2.21 bits per heavy atom. The van der Waals surface area contributed by atoms with E-state index in [-0.39, 0.29) is 23.3 Å². The van der Waals surface area contributed by atoms with Crippen LogP contribution in [0.1, 0.15) is 36.6 Å². The first-order valence-electron chi connectivity index (χ1n) is 7.88. The molecule has 0 radical (unpaired) electrons. The second-order valence-corrected chi connectivity index (χ2v) is 8.04. The number of rotatable bonds is 4. The molecule has 2 aromatic rings. The van der Waals surface area contributed by atoms with Crippen molar-refractivity contribution < 1.29 is 13.2 Å². The SMILES string of the molecule is CS(=O)(=O)c1cn[nH]c1[C@@H]1CCCCN1C(=O)Cc1cccnc1. The van der Waals surface area contributed by atoms with Crippen molar-refractivity contribution in [2.75, 3.05) is 12.8 Å². The van der Waals surface area contributed by atoms with E-state index in [0.717, 1.165) is 31.1 Å². The van der Waals surface area contributed by atoms with Gasteiger partial charge in [-0.15, -0.1) is 0 Å². The van der Waals surface area contributed by atoms with Crippen LogP contribution in [-0.2, 0) is 21.1 Å². The Bertz CT molecular complexity index is 817. The summed E-state index contributed by atoms with van der Waals surface area (Å²) in [7, 11) is -3.39. The number of nitrogens with zero attached hydrogens (tertiary/aromatic N) is 3. The third-order valence-corrected chi connectivity index (χ3v) is 5.39. The molecule has 3 heterocycles. The summed E-state index contributed by atoms with van der Waals surface area (Å²) in [5.74, 6) is -0.0262. The quantitative estimate of drug-likeness (QED) is 0.903. The minimum Gasteiger partial charge on any atom is -0.334 e. The normalized spacial score (nSPS) is 18.5. The number of pyridine rings is 1. The molecule has 1 amide bonds. The lowest BCUT2D eigenvalue weighted by molar-refractivity contribution is -0.134. The number of carbonyl (C=O) groups excluding carboxylic acids is 1. The average molecular weight is 348 g/mol. The first-order valence-corrected chi connectivity index (χ1v) is 9.77. The van der Waals surface area contributed by atoms with Gasteiger partial charge in [-0.25, -0.2) is 8.42 Å². The van der Waals surface area contributed by atoms with Crippen molar-refractivity contribution in [3.63, 3.8) is 0 Å². The molecule has 1 fully saturated rings. The molecule has 2 aromatic heterocycles. The zero-order valence-electron chi connectivity index (χ0n) is 13.5. The molecule has 0 aliphatic carbocycles. The Labute approximate surface area is 141 Å². The summed E-state index contributed by atoms with van der Waals surface area (Å²) in [5.41, 5.74) is 1.36. The predicted molar refractivity (Wildman–Crippen MR) is 87.9 cm³/mol. The van der Waals surface area contributed by atoms with E-state index in [2.05, 4.69) is 15.2 Å². The van der Waals surface area contributed by atoms with E-state index in [1.54, 1.807) is 23.4 Å². The molecule has 1 atom stereocenters. The zero-order chi connectivity index (χ0) is 17.2. The van der Waals surface area contributed by atoms with Crippen molar-refractivity contribution in [1.82, 2.24) is 20.1 Å². The van der Waals surface area contributed by atoms with Crippen molar-refractivity contribution in [3.05, 3.63) is 42.0 Å². The molecule has 7 nitrogen and oxygen atoms in total. The summed E-state index contributed by atoms with van der Waals surface area (Å²) in [6.45, 7) is 0.617. The Kier molecular flexibility index (Phi) is 4.66. The van der Waals surface area contributed by atoms with Crippen LogP contribution in [-0.4, -0.2) is 47.2 Å². The highest BCUT2D eigenvalue weighted by Crippen LogP contribution is 2.33. The van der Waals surface area contributed by atoms with E-state index in [9.17, 15) is 13.2 Å². The second-order valence-electron chi connectivity index (χ2n) is 6.06. The van der Waals surface area contributed by atoms with Crippen molar-refractivity contribution in [2.45, 2.75) is 36.6 Å². The highest BCUT2D eigenvalue weighted by molar-refractivity contribution is 7.90. The maximum atomic E-state index is 12.7. The Morgan fingerprint density at radius 3 is 2.92 bits per heavy atom. The highest BCUT2D eigenvalue weighted by atomic mass is 32.2. The first kappa shape index (κ1) is 16.6. The fourth-order valence-corrected chi connectivity index (χ4v) is 3.95. The maximum Gasteiger partial charge on any atom is 0.227 e. The maximum absolute atomic E-state index is 12.7. The van der Waals surface area contributed by atoms with Gasteiger partial charge in [0, 0.05) is 25.2 Å². The third-order valence-electron chi connectivity index (χ3n) is 4.27. The number of H-pyrrole nitrogens is 1. The molecule has 0 unspecified atom stereocenters. The molecule has 1 N–H and O–H groups in total. The van der Waals surface area contributed by atoms with Gasteiger partial charge in [0.05, 0.1) is 24.4 Å². The van der Waals surface area contributed by atoms with E-state index in [1.807, 2.05) is 6.07 Å². The smallest absolute Gasteiger partial charge is 0.227 e. The molecule has 1 aliphatic heterocycles. The Hall–Kier alpha value is -2.22. The number of hydrogen-bond acceptors (Lipinski definition) is 5. The Morgan fingerprint density at radius 1 is 1.38 bits per heavy atom. The molecule has 24 heavy (non-hydrogen) atoms. The third kappa shape index (κ3) is 3.48. The lowest BCUT2D eigenvalue weighted by Crippen LogP contribution is -2.40.